The highest BCUT2D eigenvalue weighted by molar-refractivity contribution is 7.13. The summed E-state index contributed by atoms with van der Waals surface area (Å²) in [6.45, 7) is 3.60. The van der Waals surface area contributed by atoms with Gasteiger partial charge in [-0.05, 0) is 18.1 Å². The average molecular weight is 321 g/mol. The van der Waals surface area contributed by atoms with E-state index in [1.807, 2.05) is 0 Å². The van der Waals surface area contributed by atoms with Crippen LogP contribution in [0.2, 0.25) is 0 Å². The van der Waals surface area contributed by atoms with Crippen LogP contribution in [0.4, 0.5) is 9.52 Å². The van der Waals surface area contributed by atoms with Gasteiger partial charge in [-0.1, -0.05) is 26.0 Å². The number of halogens is 1. The third-order valence-corrected chi connectivity index (χ3v) is 3.71. The lowest BCUT2D eigenvalue weighted by atomic mass is 10.0. The first-order chi connectivity index (χ1) is 10.5. The second-order valence-electron chi connectivity index (χ2n) is 5.00. The van der Waals surface area contributed by atoms with Gasteiger partial charge in [0.05, 0.1) is 5.56 Å². The third kappa shape index (κ3) is 3.88. The number of hydrogen-bond donors (Lipinski definition) is 2. The van der Waals surface area contributed by atoms with Gasteiger partial charge in [0, 0.05) is 11.6 Å². The average Bonchev–Trinajstić information content (AvgIpc) is 2.97. The van der Waals surface area contributed by atoms with Crippen molar-refractivity contribution in [3.63, 3.8) is 0 Å². The predicted molar refractivity (Wildman–Crippen MR) is 83.2 cm³/mol. The number of benzene rings is 1. The lowest BCUT2D eigenvalue weighted by molar-refractivity contribution is -0.118. The highest BCUT2D eigenvalue weighted by Crippen LogP contribution is 2.13. The van der Waals surface area contributed by atoms with Crippen LogP contribution in [0.25, 0.3) is 0 Å². The van der Waals surface area contributed by atoms with Crippen LogP contribution < -0.4 is 10.6 Å². The molecule has 0 spiro atoms. The molecule has 0 aliphatic rings. The number of nitrogens with zero attached hydrogens (tertiary/aromatic N) is 1. The predicted octanol–water partition coefficient (Wildman–Crippen LogP) is 2.68. The summed E-state index contributed by atoms with van der Waals surface area (Å²) in [5.74, 6) is -1.78. The van der Waals surface area contributed by atoms with Crippen molar-refractivity contribution in [2.45, 2.75) is 19.9 Å². The van der Waals surface area contributed by atoms with Crippen molar-refractivity contribution >= 4 is 28.3 Å². The SMILES string of the molecule is CC(C)[C@H](NC(=O)c1ccccc1F)C(=O)Nc1nccs1. The summed E-state index contributed by atoms with van der Waals surface area (Å²) in [7, 11) is 0. The largest absolute Gasteiger partial charge is 0.340 e. The molecule has 0 bridgehead atoms. The van der Waals surface area contributed by atoms with Gasteiger partial charge < -0.3 is 10.6 Å². The number of rotatable bonds is 5. The molecule has 0 radical (unpaired) electrons. The highest BCUT2D eigenvalue weighted by atomic mass is 32.1. The van der Waals surface area contributed by atoms with Crippen molar-refractivity contribution < 1.29 is 14.0 Å². The van der Waals surface area contributed by atoms with E-state index in [0.29, 0.717) is 5.13 Å². The lowest BCUT2D eigenvalue weighted by Gasteiger charge is -2.21. The molecule has 1 aromatic heterocycles. The number of carbonyl (C=O) groups is 2. The molecule has 2 N–H and O–H groups in total. The molecule has 0 aliphatic carbocycles. The summed E-state index contributed by atoms with van der Waals surface area (Å²) in [5, 5.41) is 7.39. The van der Waals surface area contributed by atoms with E-state index < -0.39 is 17.8 Å². The fourth-order valence-electron chi connectivity index (χ4n) is 1.87. The van der Waals surface area contributed by atoms with E-state index in [9.17, 15) is 14.0 Å². The minimum atomic E-state index is -0.781. The molecule has 2 rings (SSSR count). The summed E-state index contributed by atoms with van der Waals surface area (Å²) in [6.07, 6.45) is 1.57. The molecule has 5 nitrogen and oxygen atoms in total. The van der Waals surface area contributed by atoms with Gasteiger partial charge in [-0.15, -0.1) is 11.3 Å². The lowest BCUT2D eigenvalue weighted by Crippen LogP contribution is -2.47. The van der Waals surface area contributed by atoms with Gasteiger partial charge in [0.15, 0.2) is 5.13 Å². The van der Waals surface area contributed by atoms with Gasteiger partial charge in [0.2, 0.25) is 5.91 Å². The maximum atomic E-state index is 13.6. The number of nitrogens with one attached hydrogen (secondary N) is 2. The van der Waals surface area contributed by atoms with Crippen LogP contribution in [0.3, 0.4) is 0 Å². The van der Waals surface area contributed by atoms with Gasteiger partial charge in [0.25, 0.3) is 5.91 Å². The number of amides is 2. The Hall–Kier alpha value is -2.28. The first-order valence-corrected chi connectivity index (χ1v) is 7.62. The number of thiazole rings is 1. The van der Waals surface area contributed by atoms with Crippen molar-refractivity contribution in [1.29, 1.82) is 0 Å². The zero-order valence-electron chi connectivity index (χ0n) is 12.2. The van der Waals surface area contributed by atoms with E-state index in [4.69, 9.17) is 0 Å². The Balaban J connectivity index is 2.10. The maximum Gasteiger partial charge on any atom is 0.254 e. The number of carbonyl (C=O) groups excluding carboxylic acids is 2. The van der Waals surface area contributed by atoms with Crippen LogP contribution >= 0.6 is 11.3 Å². The van der Waals surface area contributed by atoms with Crippen molar-refractivity contribution in [1.82, 2.24) is 10.3 Å². The van der Waals surface area contributed by atoms with E-state index in [-0.39, 0.29) is 17.4 Å². The van der Waals surface area contributed by atoms with Gasteiger partial charge in [-0.3, -0.25) is 9.59 Å². The summed E-state index contributed by atoms with van der Waals surface area (Å²) in [6, 6.07) is 4.87. The molecule has 7 heteroatoms. The monoisotopic (exact) mass is 321 g/mol. The van der Waals surface area contributed by atoms with E-state index in [1.165, 1.54) is 29.5 Å². The number of anilines is 1. The van der Waals surface area contributed by atoms with E-state index >= 15 is 0 Å². The summed E-state index contributed by atoms with van der Waals surface area (Å²) in [4.78, 5) is 28.4. The molecular formula is C15H16FN3O2S. The molecular weight excluding hydrogens is 305 g/mol. The Bertz CT molecular complexity index is 659. The molecule has 0 saturated carbocycles. The second kappa shape index (κ2) is 7.13. The van der Waals surface area contributed by atoms with Crippen LogP contribution in [-0.2, 0) is 4.79 Å². The van der Waals surface area contributed by atoms with Crippen molar-refractivity contribution in [2.24, 2.45) is 5.92 Å². The Morgan fingerprint density at radius 3 is 2.59 bits per heavy atom. The molecule has 22 heavy (non-hydrogen) atoms. The topological polar surface area (TPSA) is 71.1 Å². The molecule has 1 aromatic carbocycles. The zero-order chi connectivity index (χ0) is 16.1. The fourth-order valence-corrected chi connectivity index (χ4v) is 2.40. The third-order valence-electron chi connectivity index (χ3n) is 3.02. The van der Waals surface area contributed by atoms with E-state index in [0.717, 1.165) is 0 Å². The molecule has 0 fully saturated rings. The quantitative estimate of drug-likeness (QED) is 0.889. The Labute approximate surface area is 131 Å². The standard InChI is InChI=1S/C15H16FN3O2S/c1-9(2)12(14(21)19-15-17-7-8-22-15)18-13(20)10-5-3-4-6-11(10)16/h3-9,12H,1-2H3,(H,18,20)(H,17,19,21)/t12-/m0/s1. The number of hydrogen-bond acceptors (Lipinski definition) is 4. The minimum Gasteiger partial charge on any atom is -0.340 e. The fraction of sp³-hybridized carbons (Fsp3) is 0.267. The Morgan fingerprint density at radius 2 is 2.00 bits per heavy atom. The van der Waals surface area contributed by atoms with Crippen LogP contribution in [0.1, 0.15) is 24.2 Å². The maximum absolute atomic E-state index is 13.6. The molecule has 1 atom stereocenters. The highest BCUT2D eigenvalue weighted by Gasteiger charge is 2.26. The van der Waals surface area contributed by atoms with Crippen LogP contribution in [-0.4, -0.2) is 22.8 Å². The second-order valence-corrected chi connectivity index (χ2v) is 5.90. The van der Waals surface area contributed by atoms with E-state index in [2.05, 4.69) is 15.6 Å². The normalized spacial score (nSPS) is 12.0. The first kappa shape index (κ1) is 16.1. The van der Waals surface area contributed by atoms with Gasteiger partial charge in [-0.2, -0.15) is 0 Å². The Morgan fingerprint density at radius 1 is 1.27 bits per heavy atom. The van der Waals surface area contributed by atoms with Gasteiger partial charge in [0.1, 0.15) is 11.9 Å². The molecule has 0 unspecified atom stereocenters. The van der Waals surface area contributed by atoms with Crippen molar-refractivity contribution in [3.8, 4) is 0 Å². The molecule has 2 aromatic rings. The van der Waals surface area contributed by atoms with Crippen LogP contribution in [0.15, 0.2) is 35.8 Å². The van der Waals surface area contributed by atoms with Crippen LogP contribution in [0, 0.1) is 11.7 Å². The van der Waals surface area contributed by atoms with E-state index in [1.54, 1.807) is 31.5 Å². The molecule has 2 amide bonds. The summed E-state index contributed by atoms with van der Waals surface area (Å²) >= 11 is 1.28. The summed E-state index contributed by atoms with van der Waals surface area (Å²) < 4.78 is 13.6. The summed E-state index contributed by atoms with van der Waals surface area (Å²) in [5.41, 5.74) is -0.0878. The first-order valence-electron chi connectivity index (χ1n) is 6.74. The molecule has 0 saturated heterocycles. The molecule has 116 valence electrons. The molecule has 1 heterocycles. The van der Waals surface area contributed by atoms with Crippen molar-refractivity contribution in [3.05, 3.63) is 47.2 Å². The smallest absolute Gasteiger partial charge is 0.254 e. The Kier molecular flexibility index (Phi) is 5.21. The van der Waals surface area contributed by atoms with Gasteiger partial charge >= 0.3 is 0 Å². The van der Waals surface area contributed by atoms with Crippen molar-refractivity contribution in [2.75, 3.05) is 5.32 Å². The van der Waals surface area contributed by atoms with Gasteiger partial charge in [-0.25, -0.2) is 9.37 Å². The molecule has 0 aliphatic heterocycles. The zero-order valence-corrected chi connectivity index (χ0v) is 13.0. The minimum absolute atomic E-state index is 0.0878. The number of aromatic nitrogens is 1. The van der Waals surface area contributed by atoms with Crippen LogP contribution in [0.5, 0.6) is 0 Å².